The molecule has 1 aromatic rings. The van der Waals surface area contributed by atoms with Gasteiger partial charge in [-0.2, -0.15) is 0 Å². The van der Waals surface area contributed by atoms with E-state index >= 15 is 0 Å². The number of aryl methyl sites for hydroxylation is 1. The highest BCUT2D eigenvalue weighted by Gasteiger charge is 2.14. The molecule has 4 heteroatoms. The smallest absolute Gasteiger partial charge is 0.185 e. The van der Waals surface area contributed by atoms with Crippen molar-refractivity contribution in [3.63, 3.8) is 0 Å². The molecule has 4 N–H and O–H groups in total. The van der Waals surface area contributed by atoms with Gasteiger partial charge in [0.15, 0.2) is 5.96 Å². The number of hydrogen-bond acceptors (Lipinski definition) is 2. The van der Waals surface area contributed by atoms with Crippen LogP contribution in [-0.4, -0.2) is 25.6 Å². The number of benzene rings is 1. The van der Waals surface area contributed by atoms with Gasteiger partial charge in [0, 0.05) is 25.3 Å². The number of guanidine groups is 1. The van der Waals surface area contributed by atoms with Crippen molar-refractivity contribution in [3.05, 3.63) is 29.8 Å². The lowest BCUT2D eigenvalue weighted by atomic mass is 10.0. The molecular weight excluding hydrogens is 212 g/mol. The van der Waals surface area contributed by atoms with Gasteiger partial charge in [-0.3, -0.25) is 4.99 Å². The summed E-state index contributed by atoms with van der Waals surface area (Å²) >= 11 is 0. The molecule has 1 heterocycles. The SMILES string of the molecule is NC(N)=NCCCN1CCCc2ccccc21. The molecule has 1 aromatic carbocycles. The first-order valence-electron chi connectivity index (χ1n) is 6.15. The monoisotopic (exact) mass is 232 g/mol. The quantitative estimate of drug-likeness (QED) is 0.464. The topological polar surface area (TPSA) is 67.6 Å². The zero-order chi connectivity index (χ0) is 12.1. The minimum atomic E-state index is 0.184. The summed E-state index contributed by atoms with van der Waals surface area (Å²) < 4.78 is 0. The second-order valence-corrected chi connectivity index (χ2v) is 4.38. The van der Waals surface area contributed by atoms with Gasteiger partial charge < -0.3 is 16.4 Å². The molecular formula is C13H20N4. The molecule has 1 aliphatic heterocycles. The Labute approximate surface area is 102 Å². The minimum absolute atomic E-state index is 0.184. The summed E-state index contributed by atoms with van der Waals surface area (Å²) in [6.45, 7) is 2.87. The van der Waals surface area contributed by atoms with Crippen molar-refractivity contribution in [1.82, 2.24) is 0 Å². The number of nitrogens with zero attached hydrogens (tertiary/aromatic N) is 2. The standard InChI is InChI=1S/C13H20N4/c14-13(15)16-8-4-10-17-9-3-6-11-5-1-2-7-12(11)17/h1-2,5,7H,3-4,6,8-10H2,(H4,14,15,16). The number of para-hydroxylation sites is 1. The summed E-state index contributed by atoms with van der Waals surface area (Å²) in [6.07, 6.45) is 3.42. The third kappa shape index (κ3) is 3.12. The fraction of sp³-hybridized carbons (Fsp3) is 0.462. The Balaban J connectivity index is 1.92. The molecule has 0 amide bonds. The van der Waals surface area contributed by atoms with E-state index in [1.165, 1.54) is 24.1 Å². The fourth-order valence-electron chi connectivity index (χ4n) is 2.31. The molecule has 0 saturated heterocycles. The van der Waals surface area contributed by atoms with Crippen LogP contribution in [0.3, 0.4) is 0 Å². The highest BCUT2D eigenvalue weighted by Crippen LogP contribution is 2.26. The molecule has 4 nitrogen and oxygen atoms in total. The average molecular weight is 232 g/mol. The van der Waals surface area contributed by atoms with E-state index in [9.17, 15) is 0 Å². The molecule has 0 aromatic heterocycles. The van der Waals surface area contributed by atoms with Crippen molar-refractivity contribution < 1.29 is 0 Å². The minimum Gasteiger partial charge on any atom is -0.371 e. The van der Waals surface area contributed by atoms with Gasteiger partial charge in [-0.05, 0) is 30.9 Å². The molecule has 92 valence electrons. The molecule has 0 aliphatic carbocycles. The van der Waals surface area contributed by atoms with E-state index in [2.05, 4.69) is 34.2 Å². The van der Waals surface area contributed by atoms with E-state index in [1.54, 1.807) is 0 Å². The van der Waals surface area contributed by atoms with E-state index in [-0.39, 0.29) is 5.96 Å². The van der Waals surface area contributed by atoms with Crippen LogP contribution in [-0.2, 0) is 6.42 Å². The van der Waals surface area contributed by atoms with Crippen molar-refractivity contribution in [1.29, 1.82) is 0 Å². The summed E-state index contributed by atoms with van der Waals surface area (Å²) in [4.78, 5) is 6.44. The first-order valence-corrected chi connectivity index (χ1v) is 6.15. The number of hydrogen-bond donors (Lipinski definition) is 2. The van der Waals surface area contributed by atoms with E-state index in [0.717, 1.165) is 19.5 Å². The van der Waals surface area contributed by atoms with Gasteiger partial charge in [-0.1, -0.05) is 18.2 Å². The highest BCUT2D eigenvalue weighted by atomic mass is 15.1. The Hall–Kier alpha value is -1.71. The molecule has 0 atom stereocenters. The Kier molecular flexibility index (Phi) is 3.85. The number of nitrogens with two attached hydrogens (primary N) is 2. The van der Waals surface area contributed by atoms with Crippen LogP contribution in [0.5, 0.6) is 0 Å². The lowest BCUT2D eigenvalue weighted by Gasteiger charge is -2.31. The molecule has 0 bridgehead atoms. The van der Waals surface area contributed by atoms with E-state index in [0.29, 0.717) is 6.54 Å². The van der Waals surface area contributed by atoms with Gasteiger partial charge in [0.25, 0.3) is 0 Å². The van der Waals surface area contributed by atoms with Gasteiger partial charge in [0.2, 0.25) is 0 Å². The van der Waals surface area contributed by atoms with Gasteiger partial charge in [-0.15, -0.1) is 0 Å². The number of anilines is 1. The summed E-state index contributed by atoms with van der Waals surface area (Å²) in [5, 5.41) is 0. The second-order valence-electron chi connectivity index (χ2n) is 4.38. The lowest BCUT2D eigenvalue weighted by molar-refractivity contribution is 0.668. The largest absolute Gasteiger partial charge is 0.371 e. The number of fused-ring (bicyclic) bond motifs is 1. The zero-order valence-electron chi connectivity index (χ0n) is 10.1. The van der Waals surface area contributed by atoms with Crippen molar-refractivity contribution in [3.8, 4) is 0 Å². The second kappa shape index (κ2) is 5.57. The maximum absolute atomic E-state index is 5.30. The maximum Gasteiger partial charge on any atom is 0.185 e. The fourth-order valence-corrected chi connectivity index (χ4v) is 2.31. The molecule has 2 rings (SSSR count). The first-order chi connectivity index (χ1) is 8.27. The zero-order valence-corrected chi connectivity index (χ0v) is 10.1. The van der Waals surface area contributed by atoms with Gasteiger partial charge in [0.1, 0.15) is 0 Å². The summed E-state index contributed by atoms with van der Waals surface area (Å²) in [5.41, 5.74) is 13.4. The van der Waals surface area contributed by atoms with Gasteiger partial charge in [-0.25, -0.2) is 0 Å². The molecule has 1 aliphatic rings. The Bertz CT molecular complexity index is 396. The van der Waals surface area contributed by atoms with Crippen LogP contribution in [0.4, 0.5) is 5.69 Å². The molecule has 0 fully saturated rings. The van der Waals surface area contributed by atoms with Crippen molar-refractivity contribution in [2.24, 2.45) is 16.5 Å². The van der Waals surface area contributed by atoms with Crippen LogP contribution < -0.4 is 16.4 Å². The molecule has 0 spiro atoms. The first kappa shape index (κ1) is 11.8. The molecule has 17 heavy (non-hydrogen) atoms. The average Bonchev–Trinajstić information content (AvgIpc) is 2.34. The van der Waals surface area contributed by atoms with Crippen LogP contribution in [0.2, 0.25) is 0 Å². The third-order valence-corrected chi connectivity index (χ3v) is 3.09. The molecule has 0 radical (unpaired) electrons. The highest BCUT2D eigenvalue weighted by molar-refractivity contribution is 5.75. The van der Waals surface area contributed by atoms with Crippen molar-refractivity contribution in [2.45, 2.75) is 19.3 Å². The molecule has 0 unspecified atom stereocenters. The predicted molar refractivity (Wildman–Crippen MR) is 72.3 cm³/mol. The van der Waals surface area contributed by atoms with E-state index in [4.69, 9.17) is 11.5 Å². The maximum atomic E-state index is 5.30. The van der Waals surface area contributed by atoms with Crippen molar-refractivity contribution in [2.75, 3.05) is 24.5 Å². The van der Waals surface area contributed by atoms with Gasteiger partial charge >= 0.3 is 0 Å². The van der Waals surface area contributed by atoms with Gasteiger partial charge in [0.05, 0.1) is 0 Å². The normalized spacial score (nSPS) is 14.2. The van der Waals surface area contributed by atoms with Crippen LogP contribution in [0.15, 0.2) is 29.3 Å². The van der Waals surface area contributed by atoms with Crippen LogP contribution in [0.1, 0.15) is 18.4 Å². The Morgan fingerprint density at radius 3 is 2.94 bits per heavy atom. The van der Waals surface area contributed by atoms with Crippen LogP contribution >= 0.6 is 0 Å². The van der Waals surface area contributed by atoms with Crippen LogP contribution in [0, 0.1) is 0 Å². The number of aliphatic imine (C=N–C) groups is 1. The van der Waals surface area contributed by atoms with E-state index in [1.807, 2.05) is 0 Å². The summed E-state index contributed by atoms with van der Waals surface area (Å²) in [5.74, 6) is 0.184. The summed E-state index contributed by atoms with van der Waals surface area (Å²) in [6, 6.07) is 8.64. The van der Waals surface area contributed by atoms with Crippen molar-refractivity contribution >= 4 is 11.6 Å². The van der Waals surface area contributed by atoms with Crippen LogP contribution in [0.25, 0.3) is 0 Å². The summed E-state index contributed by atoms with van der Waals surface area (Å²) in [7, 11) is 0. The lowest BCUT2D eigenvalue weighted by Crippen LogP contribution is -2.31. The van der Waals surface area contributed by atoms with E-state index < -0.39 is 0 Å². The Morgan fingerprint density at radius 2 is 2.12 bits per heavy atom. The Morgan fingerprint density at radius 1 is 1.29 bits per heavy atom. The number of rotatable bonds is 4. The predicted octanol–water partition coefficient (Wildman–Crippen LogP) is 1.10. The molecule has 0 saturated carbocycles. The third-order valence-electron chi connectivity index (χ3n) is 3.09.